The van der Waals surface area contributed by atoms with E-state index in [1.807, 2.05) is 36.5 Å². The SMILES string of the molecule is CC(C)(C)[C@@H]1CCc2c(sc(N=Cc3cc(I)c(OCc4ccccc4)c(I)c3)c2C(=O)Nc2ccc(Cl)cc2)C1. The fraction of sp³-hybridized carbons (Fsp3) is 0.273. The Morgan fingerprint density at radius 2 is 1.78 bits per heavy atom. The van der Waals surface area contributed by atoms with Gasteiger partial charge in [-0.3, -0.25) is 4.79 Å². The van der Waals surface area contributed by atoms with E-state index in [2.05, 4.69) is 95.5 Å². The van der Waals surface area contributed by atoms with E-state index in [1.165, 1.54) is 4.88 Å². The number of nitrogens with zero attached hydrogens (tertiary/aromatic N) is 1. The summed E-state index contributed by atoms with van der Waals surface area (Å²) in [6, 6.07) is 21.5. The fourth-order valence-corrected chi connectivity index (χ4v) is 8.54. The Bertz CT molecular complexity index is 1550. The van der Waals surface area contributed by atoms with Crippen molar-refractivity contribution in [2.45, 2.75) is 46.6 Å². The van der Waals surface area contributed by atoms with Crippen molar-refractivity contribution in [1.29, 1.82) is 0 Å². The minimum atomic E-state index is -0.125. The van der Waals surface area contributed by atoms with Crippen LogP contribution in [0.25, 0.3) is 0 Å². The van der Waals surface area contributed by atoms with Gasteiger partial charge in [-0.1, -0.05) is 62.7 Å². The molecule has 0 unspecified atom stereocenters. The molecule has 3 aromatic carbocycles. The lowest BCUT2D eigenvalue weighted by Crippen LogP contribution is -2.27. The first-order chi connectivity index (χ1) is 19.6. The van der Waals surface area contributed by atoms with Crippen LogP contribution in [0.1, 0.15) is 59.1 Å². The quantitative estimate of drug-likeness (QED) is 0.149. The molecule has 4 aromatic rings. The third-order valence-electron chi connectivity index (χ3n) is 7.38. The van der Waals surface area contributed by atoms with E-state index in [0.717, 1.165) is 53.8 Å². The number of ether oxygens (including phenoxy) is 1. The van der Waals surface area contributed by atoms with Gasteiger partial charge in [-0.25, -0.2) is 4.99 Å². The molecule has 8 heteroatoms. The van der Waals surface area contributed by atoms with Crippen molar-refractivity contribution < 1.29 is 9.53 Å². The molecule has 1 amide bonds. The third-order valence-corrected chi connectivity index (χ3v) is 10.4. The summed E-state index contributed by atoms with van der Waals surface area (Å²) in [6.07, 6.45) is 4.79. The van der Waals surface area contributed by atoms with Crippen LogP contribution in [0.5, 0.6) is 5.75 Å². The molecule has 1 atom stereocenters. The molecule has 0 spiro atoms. The van der Waals surface area contributed by atoms with E-state index in [9.17, 15) is 4.79 Å². The minimum Gasteiger partial charge on any atom is -0.487 e. The van der Waals surface area contributed by atoms with Crippen LogP contribution in [0.3, 0.4) is 0 Å². The van der Waals surface area contributed by atoms with Crippen LogP contribution in [0.2, 0.25) is 5.02 Å². The van der Waals surface area contributed by atoms with Crippen molar-refractivity contribution in [1.82, 2.24) is 0 Å². The molecule has 0 saturated heterocycles. The van der Waals surface area contributed by atoms with Gasteiger partial charge in [0.05, 0.1) is 12.7 Å². The van der Waals surface area contributed by atoms with Gasteiger partial charge in [0.15, 0.2) is 0 Å². The molecular weight excluding hydrogens is 778 g/mol. The zero-order valence-corrected chi connectivity index (χ0v) is 29.0. The molecule has 1 heterocycles. The molecular formula is C33H31ClI2N2O2S. The fourth-order valence-electron chi connectivity index (χ4n) is 5.02. The van der Waals surface area contributed by atoms with Crippen molar-refractivity contribution in [3.63, 3.8) is 0 Å². The molecule has 41 heavy (non-hydrogen) atoms. The zero-order valence-electron chi connectivity index (χ0n) is 23.1. The third kappa shape index (κ3) is 7.53. The number of amides is 1. The smallest absolute Gasteiger partial charge is 0.259 e. The molecule has 0 aliphatic heterocycles. The average Bonchev–Trinajstić information content (AvgIpc) is 3.31. The summed E-state index contributed by atoms with van der Waals surface area (Å²) in [5.41, 5.74) is 4.86. The van der Waals surface area contributed by atoms with E-state index < -0.39 is 0 Å². The van der Waals surface area contributed by atoms with Crippen LogP contribution in [-0.2, 0) is 19.4 Å². The number of nitrogens with one attached hydrogen (secondary N) is 1. The molecule has 0 radical (unpaired) electrons. The first kappa shape index (κ1) is 30.5. The maximum Gasteiger partial charge on any atom is 0.259 e. The van der Waals surface area contributed by atoms with Gasteiger partial charge in [0.2, 0.25) is 0 Å². The Kier molecular flexibility index (Phi) is 9.78. The lowest BCUT2D eigenvalue weighted by molar-refractivity contribution is 0.102. The first-order valence-corrected chi connectivity index (χ1v) is 16.8. The van der Waals surface area contributed by atoms with Crippen molar-refractivity contribution in [3.8, 4) is 5.75 Å². The first-order valence-electron chi connectivity index (χ1n) is 13.5. The number of hydrogen-bond acceptors (Lipinski definition) is 4. The molecule has 4 nitrogen and oxygen atoms in total. The number of hydrogen-bond donors (Lipinski definition) is 1. The van der Waals surface area contributed by atoms with E-state index in [1.54, 1.807) is 23.5 Å². The maximum absolute atomic E-state index is 13.7. The summed E-state index contributed by atoms with van der Waals surface area (Å²) in [5.74, 6) is 1.32. The highest BCUT2D eigenvalue weighted by Crippen LogP contribution is 2.45. The van der Waals surface area contributed by atoms with Crippen LogP contribution in [0, 0.1) is 18.5 Å². The predicted octanol–water partition coefficient (Wildman–Crippen LogP) is 10.3. The second kappa shape index (κ2) is 13.1. The summed E-state index contributed by atoms with van der Waals surface area (Å²) in [4.78, 5) is 19.8. The van der Waals surface area contributed by atoms with Crippen LogP contribution >= 0.6 is 68.1 Å². The van der Waals surface area contributed by atoms with Crippen molar-refractivity contribution in [2.24, 2.45) is 16.3 Å². The molecule has 0 saturated carbocycles. The largest absolute Gasteiger partial charge is 0.487 e. The number of carbonyl (C=O) groups is 1. The van der Waals surface area contributed by atoms with E-state index in [0.29, 0.717) is 28.8 Å². The maximum atomic E-state index is 13.7. The summed E-state index contributed by atoms with van der Waals surface area (Å²) in [6.45, 7) is 7.43. The normalized spacial score (nSPS) is 15.1. The van der Waals surface area contributed by atoms with Gasteiger partial charge in [0.25, 0.3) is 5.91 Å². The number of halogens is 3. The van der Waals surface area contributed by atoms with Gasteiger partial charge in [0.1, 0.15) is 17.4 Å². The number of rotatable bonds is 7. The predicted molar refractivity (Wildman–Crippen MR) is 189 cm³/mol. The summed E-state index contributed by atoms with van der Waals surface area (Å²) < 4.78 is 8.20. The summed E-state index contributed by atoms with van der Waals surface area (Å²) in [5, 5.41) is 4.46. The van der Waals surface area contributed by atoms with Crippen LogP contribution in [-0.4, -0.2) is 12.1 Å². The number of thiophene rings is 1. The number of aliphatic imine (C=N–C) groups is 1. The van der Waals surface area contributed by atoms with E-state index in [-0.39, 0.29) is 11.3 Å². The number of benzene rings is 3. The van der Waals surface area contributed by atoms with Crippen LogP contribution in [0.15, 0.2) is 71.7 Å². The highest BCUT2D eigenvalue weighted by Gasteiger charge is 2.33. The molecule has 1 aliphatic rings. The Morgan fingerprint density at radius 1 is 1.10 bits per heavy atom. The van der Waals surface area contributed by atoms with E-state index in [4.69, 9.17) is 21.3 Å². The minimum absolute atomic E-state index is 0.125. The number of carbonyl (C=O) groups excluding carboxylic acids is 1. The Labute approximate surface area is 278 Å². The molecule has 5 rings (SSSR count). The standard InChI is InChI=1S/C33H31ClI2N2O2S/c1-33(2,3)22-9-14-25-28(17-22)41-32(29(25)31(39)38-24-12-10-23(34)11-13-24)37-18-21-15-26(35)30(27(36)16-21)40-19-20-7-5-4-6-8-20/h4-8,10-13,15-16,18,22H,9,14,17,19H2,1-3H3,(H,38,39)/t22-/m1/s1. The second-order valence-corrected chi connectivity index (χ2v) is 15.1. The van der Waals surface area contributed by atoms with Gasteiger partial charge >= 0.3 is 0 Å². The second-order valence-electron chi connectivity index (χ2n) is 11.3. The lowest BCUT2D eigenvalue weighted by atomic mass is 9.72. The van der Waals surface area contributed by atoms with Crippen molar-refractivity contribution in [3.05, 3.63) is 106 Å². The molecule has 0 bridgehead atoms. The zero-order chi connectivity index (χ0) is 29.1. The van der Waals surface area contributed by atoms with Crippen molar-refractivity contribution in [2.75, 3.05) is 5.32 Å². The van der Waals surface area contributed by atoms with Gasteiger partial charge in [-0.05, 0) is 129 Å². The lowest BCUT2D eigenvalue weighted by Gasteiger charge is -2.33. The average molecular weight is 809 g/mol. The number of fused-ring (bicyclic) bond motifs is 1. The summed E-state index contributed by atoms with van der Waals surface area (Å²) >= 11 is 12.3. The molecule has 0 fully saturated rings. The summed E-state index contributed by atoms with van der Waals surface area (Å²) in [7, 11) is 0. The highest BCUT2D eigenvalue weighted by molar-refractivity contribution is 14.1. The molecule has 1 aromatic heterocycles. The van der Waals surface area contributed by atoms with Crippen LogP contribution in [0.4, 0.5) is 10.7 Å². The topological polar surface area (TPSA) is 50.7 Å². The van der Waals surface area contributed by atoms with E-state index >= 15 is 0 Å². The molecule has 1 N–H and O–H groups in total. The molecule has 1 aliphatic carbocycles. The van der Waals surface area contributed by atoms with Crippen molar-refractivity contribution >= 4 is 90.9 Å². The van der Waals surface area contributed by atoms with Gasteiger partial charge in [0, 0.05) is 21.8 Å². The van der Waals surface area contributed by atoms with Gasteiger partial charge < -0.3 is 10.1 Å². The highest BCUT2D eigenvalue weighted by atomic mass is 127. The Balaban J connectivity index is 1.43. The van der Waals surface area contributed by atoms with Crippen LogP contribution < -0.4 is 10.1 Å². The Hall–Kier alpha value is -1.95. The van der Waals surface area contributed by atoms with Gasteiger partial charge in [-0.2, -0.15) is 0 Å². The monoisotopic (exact) mass is 808 g/mol. The molecule has 212 valence electrons. The Morgan fingerprint density at radius 3 is 2.44 bits per heavy atom. The number of anilines is 1. The van der Waals surface area contributed by atoms with Gasteiger partial charge in [-0.15, -0.1) is 11.3 Å².